The molecule has 0 aliphatic rings. The second-order valence-corrected chi connectivity index (χ2v) is 11.3. The van der Waals surface area contributed by atoms with E-state index < -0.39 is 32.6 Å². The van der Waals surface area contributed by atoms with Crippen molar-refractivity contribution in [3.05, 3.63) is 71.8 Å². The highest BCUT2D eigenvalue weighted by Crippen LogP contribution is 2.50. The van der Waals surface area contributed by atoms with Crippen LogP contribution in [0.3, 0.4) is 0 Å². The van der Waals surface area contributed by atoms with Crippen molar-refractivity contribution in [2.45, 2.75) is 38.5 Å². The average Bonchev–Trinajstić information content (AvgIpc) is 3.01. The zero-order chi connectivity index (χ0) is 32.8. The van der Waals surface area contributed by atoms with Gasteiger partial charge in [0, 0.05) is 19.9 Å². The van der Waals surface area contributed by atoms with Gasteiger partial charge in [-0.05, 0) is 36.8 Å². The van der Waals surface area contributed by atoms with Gasteiger partial charge in [-0.25, -0.2) is 14.2 Å². The summed E-state index contributed by atoms with van der Waals surface area (Å²) in [6.07, 6.45) is 0.998. The summed E-state index contributed by atoms with van der Waals surface area (Å²) < 4.78 is 48.1. The molecule has 15 heteroatoms. The molecule has 0 spiro atoms. The number of carbonyl (C=O) groups excluding carboxylic acids is 2. The Morgan fingerprint density at radius 2 is 1.11 bits per heavy atom. The van der Waals surface area contributed by atoms with Crippen molar-refractivity contribution in [1.82, 2.24) is 4.90 Å². The molecule has 0 amide bonds. The second kappa shape index (κ2) is 21.6. The Morgan fingerprint density at radius 3 is 1.53 bits per heavy atom. The van der Waals surface area contributed by atoms with Crippen LogP contribution in [0.25, 0.3) is 0 Å². The normalized spacial score (nSPS) is 11.4. The van der Waals surface area contributed by atoms with Crippen molar-refractivity contribution in [3.8, 4) is 0 Å². The molecular formula is C30H42N3O11P. The van der Waals surface area contributed by atoms with Crippen molar-refractivity contribution in [2.75, 3.05) is 53.2 Å². The monoisotopic (exact) mass is 651 g/mol. The number of rotatable bonds is 21. The Labute approximate surface area is 263 Å². The van der Waals surface area contributed by atoms with Gasteiger partial charge in [-0.2, -0.15) is 0 Å². The van der Waals surface area contributed by atoms with Crippen LogP contribution in [0.5, 0.6) is 0 Å². The molecule has 3 N–H and O–H groups in total. The molecule has 2 aromatic carbocycles. The van der Waals surface area contributed by atoms with Crippen molar-refractivity contribution in [1.29, 1.82) is 0 Å². The number of likely N-dealkylation sites (N-methyl/N-ethyl adjacent to an activating group) is 1. The highest BCUT2D eigenvalue weighted by atomic mass is 31.2. The minimum Gasteiger partial charge on any atom is -0.480 e. The maximum absolute atomic E-state index is 13.3. The predicted octanol–water partition coefficient (Wildman–Crippen LogP) is 4.81. The Morgan fingerprint density at radius 1 is 0.711 bits per heavy atom. The van der Waals surface area contributed by atoms with E-state index in [4.69, 9.17) is 38.8 Å². The highest BCUT2D eigenvalue weighted by molar-refractivity contribution is 7.52. The molecule has 0 aliphatic carbocycles. The third-order valence-corrected chi connectivity index (χ3v) is 7.39. The Hall–Kier alpha value is -4.13. The van der Waals surface area contributed by atoms with Gasteiger partial charge in [0.2, 0.25) is 5.96 Å². The number of carbonyl (C=O) groups is 3. The van der Waals surface area contributed by atoms with Gasteiger partial charge in [-0.1, -0.05) is 60.7 Å². The smallest absolute Gasteiger partial charge is 0.480 e. The molecule has 0 heterocycles. The number of nitrogens with zero attached hydrogens (tertiary/aromatic N) is 2. The summed E-state index contributed by atoms with van der Waals surface area (Å²) in [5.74, 6) is -1.51. The van der Waals surface area contributed by atoms with Crippen LogP contribution in [0.1, 0.15) is 36.8 Å². The lowest BCUT2D eigenvalue weighted by molar-refractivity contribution is -0.137. The minimum absolute atomic E-state index is 0.0557. The second-order valence-electron chi connectivity index (χ2n) is 9.62. The van der Waals surface area contributed by atoms with Crippen molar-refractivity contribution in [2.24, 2.45) is 10.5 Å². The topological polar surface area (TPSA) is 186 Å². The first kappa shape index (κ1) is 37.1. The van der Waals surface area contributed by atoms with E-state index in [9.17, 15) is 18.9 Å². The number of hydrogen-bond donors (Lipinski definition) is 2. The van der Waals surface area contributed by atoms with Gasteiger partial charge in [-0.15, -0.1) is 4.76 Å². The van der Waals surface area contributed by atoms with Crippen LogP contribution in [0.15, 0.2) is 65.4 Å². The summed E-state index contributed by atoms with van der Waals surface area (Å²) in [6.45, 7) is -0.129. The van der Waals surface area contributed by atoms with Crippen LogP contribution in [0.4, 0.5) is 9.59 Å². The maximum Gasteiger partial charge on any atom is 0.508 e. The Bertz CT molecular complexity index is 1160. The fourth-order valence-corrected chi connectivity index (χ4v) is 4.85. The predicted molar refractivity (Wildman–Crippen MR) is 165 cm³/mol. The molecule has 0 radical (unpaired) electrons. The summed E-state index contributed by atoms with van der Waals surface area (Å²) in [6, 6.07) is 19.1. The number of aliphatic carboxylic acids is 1. The molecule has 0 fully saturated rings. The number of guanidine groups is 1. The quantitative estimate of drug-likeness (QED) is 0.0616. The molecule has 0 saturated carbocycles. The number of ether oxygens (including phenoxy) is 4. The number of hydrogen-bond acceptors (Lipinski definition) is 10. The van der Waals surface area contributed by atoms with Gasteiger partial charge >= 0.3 is 26.0 Å². The van der Waals surface area contributed by atoms with Gasteiger partial charge in [0.1, 0.15) is 6.54 Å². The van der Waals surface area contributed by atoms with Crippen LogP contribution >= 0.6 is 7.75 Å². The van der Waals surface area contributed by atoms with Crippen LogP contribution < -0.4 is 5.73 Å². The number of benzene rings is 2. The van der Waals surface area contributed by atoms with E-state index in [-0.39, 0.29) is 45.6 Å². The fourth-order valence-electron chi connectivity index (χ4n) is 3.54. The zero-order valence-corrected chi connectivity index (χ0v) is 26.3. The Kier molecular flexibility index (Phi) is 17.7. The van der Waals surface area contributed by atoms with Crippen LogP contribution in [-0.4, -0.2) is 87.5 Å². The summed E-state index contributed by atoms with van der Waals surface area (Å²) >= 11 is 0. The molecule has 45 heavy (non-hydrogen) atoms. The van der Waals surface area contributed by atoms with E-state index in [1.54, 1.807) is 0 Å². The molecule has 248 valence electrons. The van der Waals surface area contributed by atoms with E-state index >= 15 is 0 Å². The first-order valence-electron chi connectivity index (χ1n) is 14.5. The van der Waals surface area contributed by atoms with Crippen molar-refractivity contribution >= 4 is 32.0 Å². The van der Waals surface area contributed by atoms with Gasteiger partial charge in [-0.3, -0.25) is 13.8 Å². The van der Waals surface area contributed by atoms with Crippen LogP contribution in [-0.2, 0) is 50.2 Å². The third-order valence-electron chi connectivity index (χ3n) is 5.92. The molecule has 0 saturated heterocycles. The lowest BCUT2D eigenvalue weighted by Crippen LogP contribution is -2.37. The molecule has 2 rings (SSSR count). The summed E-state index contributed by atoms with van der Waals surface area (Å²) in [7, 11) is -2.77. The summed E-state index contributed by atoms with van der Waals surface area (Å²) in [5.41, 5.74) is 7.89. The van der Waals surface area contributed by atoms with E-state index in [1.807, 2.05) is 60.7 Å². The van der Waals surface area contributed by atoms with E-state index in [1.165, 1.54) is 7.05 Å². The summed E-state index contributed by atoms with van der Waals surface area (Å²) in [4.78, 5) is 35.6. The van der Waals surface area contributed by atoms with E-state index in [0.29, 0.717) is 38.5 Å². The van der Waals surface area contributed by atoms with Crippen molar-refractivity contribution in [3.63, 3.8) is 0 Å². The average molecular weight is 652 g/mol. The first-order chi connectivity index (χ1) is 21.7. The fraction of sp³-hybridized carbons (Fsp3) is 0.467. The number of carboxylic acids is 1. The molecule has 0 bridgehead atoms. The van der Waals surface area contributed by atoms with Crippen LogP contribution in [0, 0.1) is 0 Å². The van der Waals surface area contributed by atoms with Crippen molar-refractivity contribution < 1.29 is 52.1 Å². The van der Waals surface area contributed by atoms with Gasteiger partial charge in [0.15, 0.2) is 0 Å². The van der Waals surface area contributed by atoms with Gasteiger partial charge < -0.3 is 34.7 Å². The minimum atomic E-state index is -4.13. The molecular weight excluding hydrogens is 609 g/mol. The van der Waals surface area contributed by atoms with E-state index in [2.05, 4.69) is 4.76 Å². The zero-order valence-electron chi connectivity index (χ0n) is 25.4. The number of nitrogens with two attached hydrogens (primary N) is 1. The van der Waals surface area contributed by atoms with Gasteiger partial charge in [0.05, 0.1) is 39.6 Å². The van der Waals surface area contributed by atoms with Gasteiger partial charge in [0.25, 0.3) is 0 Å². The first-order valence-corrected chi connectivity index (χ1v) is 16.0. The highest BCUT2D eigenvalue weighted by Gasteiger charge is 2.26. The molecule has 0 aliphatic heterocycles. The molecule has 0 atom stereocenters. The Balaban J connectivity index is 1.68. The standard InChI is InChI=1S/C30H42N3O11P/c1-33(24-27(34)35)28(31)32-45(38,43-20-10-8-18-39-29(36)41-22-16-25-12-4-2-5-13-25)44-21-11-9-19-40-30(37)42-23-17-26-14-6-3-7-15-26/h2-7,12-15H,8-11,16-24H2,1H3,(H,34,35)(H2,31,32,38). The largest absolute Gasteiger partial charge is 0.508 e. The summed E-state index contributed by atoms with van der Waals surface area (Å²) in [5, 5.41) is 8.98. The van der Waals surface area contributed by atoms with E-state index in [0.717, 1.165) is 16.0 Å². The lowest BCUT2D eigenvalue weighted by atomic mass is 10.2. The molecule has 0 unspecified atom stereocenters. The molecule has 14 nitrogen and oxygen atoms in total. The van der Waals surface area contributed by atoms with Crippen LogP contribution in [0.2, 0.25) is 0 Å². The molecule has 2 aromatic rings. The maximum atomic E-state index is 13.3. The SMILES string of the molecule is CN(CC(=O)O)/C(N)=N/P(=O)(OCCCCOC(=O)OCCc1ccccc1)OCCCCOC(=O)OCCc1ccccc1. The number of unbranched alkanes of at least 4 members (excludes halogenated alkanes) is 2. The number of carboxylic acid groups (broad SMARTS) is 1. The lowest BCUT2D eigenvalue weighted by Gasteiger charge is -2.19. The third kappa shape index (κ3) is 17.7. The molecule has 0 aromatic heterocycles.